The number of aryl methyl sites for hydroxylation is 1. The van der Waals surface area contributed by atoms with Crippen LogP contribution in [0.4, 0.5) is 0 Å². The maximum atomic E-state index is 11.9. The van der Waals surface area contributed by atoms with Crippen molar-refractivity contribution < 1.29 is 9.32 Å². The van der Waals surface area contributed by atoms with Crippen LogP contribution in [-0.2, 0) is 6.54 Å². The van der Waals surface area contributed by atoms with Crippen molar-refractivity contribution in [2.24, 2.45) is 0 Å². The van der Waals surface area contributed by atoms with Gasteiger partial charge in [-0.3, -0.25) is 9.78 Å². The summed E-state index contributed by atoms with van der Waals surface area (Å²) in [6.45, 7) is 1.95. The van der Waals surface area contributed by atoms with Crippen molar-refractivity contribution in [3.8, 4) is 5.69 Å². The maximum absolute atomic E-state index is 11.9. The lowest BCUT2D eigenvalue weighted by Gasteiger charge is -2.00. The number of pyridine rings is 1. The van der Waals surface area contributed by atoms with Crippen LogP contribution in [0.5, 0.6) is 0 Å². The highest BCUT2D eigenvalue weighted by Crippen LogP contribution is 2.07. The molecule has 3 rings (SSSR count). The van der Waals surface area contributed by atoms with E-state index in [0.717, 1.165) is 5.69 Å². The third-order valence-corrected chi connectivity index (χ3v) is 2.89. The first-order chi connectivity index (χ1) is 10.2. The summed E-state index contributed by atoms with van der Waals surface area (Å²) in [6, 6.07) is 3.63. The van der Waals surface area contributed by atoms with Gasteiger partial charge in [0.05, 0.1) is 24.6 Å². The normalized spacial score (nSPS) is 10.5. The molecule has 3 heterocycles. The summed E-state index contributed by atoms with van der Waals surface area (Å²) in [6.07, 6.45) is 6.48. The fourth-order valence-corrected chi connectivity index (χ4v) is 1.79. The van der Waals surface area contributed by atoms with E-state index in [1.807, 2.05) is 12.1 Å². The molecule has 106 valence electrons. The predicted molar refractivity (Wildman–Crippen MR) is 71.6 cm³/mol. The Labute approximate surface area is 119 Å². The standard InChI is InChI=1S/C13H12N6O2/c1-9-12(7-16-21-9)13(20)15-6-10-8-19(18-17-10)11-2-4-14-5-3-11/h2-5,7-8H,6H2,1H3,(H,15,20). The summed E-state index contributed by atoms with van der Waals surface area (Å²) in [5.41, 5.74) is 1.91. The number of nitrogens with one attached hydrogen (secondary N) is 1. The Morgan fingerprint density at radius 3 is 2.90 bits per heavy atom. The van der Waals surface area contributed by atoms with Crippen LogP contribution in [0.25, 0.3) is 5.69 Å². The average molecular weight is 284 g/mol. The minimum absolute atomic E-state index is 0.257. The molecule has 0 spiro atoms. The molecule has 0 radical (unpaired) electrons. The van der Waals surface area contributed by atoms with E-state index < -0.39 is 0 Å². The molecule has 0 aromatic carbocycles. The number of nitrogens with zero attached hydrogens (tertiary/aromatic N) is 5. The number of aromatic nitrogens is 5. The molecule has 0 saturated carbocycles. The molecule has 0 aliphatic heterocycles. The van der Waals surface area contributed by atoms with Gasteiger partial charge in [-0.1, -0.05) is 10.4 Å². The highest BCUT2D eigenvalue weighted by atomic mass is 16.5. The largest absolute Gasteiger partial charge is 0.361 e. The lowest BCUT2D eigenvalue weighted by atomic mass is 10.2. The second kappa shape index (κ2) is 5.53. The Morgan fingerprint density at radius 1 is 1.38 bits per heavy atom. The molecule has 3 aromatic rings. The zero-order valence-electron chi connectivity index (χ0n) is 11.2. The molecule has 8 heteroatoms. The van der Waals surface area contributed by atoms with Crippen molar-refractivity contribution >= 4 is 5.91 Å². The van der Waals surface area contributed by atoms with Crippen LogP contribution in [0.1, 0.15) is 21.8 Å². The van der Waals surface area contributed by atoms with E-state index >= 15 is 0 Å². The Hall–Kier alpha value is -3.03. The van der Waals surface area contributed by atoms with Crippen LogP contribution in [0.2, 0.25) is 0 Å². The van der Waals surface area contributed by atoms with Gasteiger partial charge in [0.2, 0.25) is 0 Å². The molecular formula is C13H12N6O2. The van der Waals surface area contributed by atoms with Crippen molar-refractivity contribution in [3.05, 3.63) is 53.9 Å². The molecule has 0 aliphatic carbocycles. The van der Waals surface area contributed by atoms with Crippen LogP contribution in [0.3, 0.4) is 0 Å². The van der Waals surface area contributed by atoms with Gasteiger partial charge in [0.1, 0.15) is 17.0 Å². The van der Waals surface area contributed by atoms with Gasteiger partial charge in [-0.05, 0) is 19.1 Å². The van der Waals surface area contributed by atoms with Crippen LogP contribution in [0.15, 0.2) is 41.4 Å². The fraction of sp³-hybridized carbons (Fsp3) is 0.154. The molecule has 0 atom stereocenters. The second-order valence-corrected chi connectivity index (χ2v) is 4.34. The molecule has 0 bridgehead atoms. The number of carbonyl (C=O) groups is 1. The van der Waals surface area contributed by atoms with Crippen molar-refractivity contribution in [3.63, 3.8) is 0 Å². The average Bonchev–Trinajstić information content (AvgIpc) is 3.15. The van der Waals surface area contributed by atoms with Gasteiger partial charge < -0.3 is 9.84 Å². The lowest BCUT2D eigenvalue weighted by molar-refractivity contribution is 0.0949. The van der Waals surface area contributed by atoms with Crippen LogP contribution < -0.4 is 5.32 Å². The molecule has 0 aliphatic rings. The third-order valence-electron chi connectivity index (χ3n) is 2.89. The van der Waals surface area contributed by atoms with Crippen LogP contribution >= 0.6 is 0 Å². The maximum Gasteiger partial charge on any atom is 0.256 e. The van der Waals surface area contributed by atoms with E-state index in [-0.39, 0.29) is 12.5 Å². The van der Waals surface area contributed by atoms with Gasteiger partial charge in [-0.15, -0.1) is 5.10 Å². The number of amides is 1. The van der Waals surface area contributed by atoms with Gasteiger partial charge in [0.25, 0.3) is 5.91 Å². The monoisotopic (exact) mass is 284 g/mol. The highest BCUT2D eigenvalue weighted by molar-refractivity contribution is 5.94. The summed E-state index contributed by atoms with van der Waals surface area (Å²) >= 11 is 0. The number of hydrogen-bond donors (Lipinski definition) is 1. The first kappa shape index (κ1) is 13.0. The highest BCUT2D eigenvalue weighted by Gasteiger charge is 2.13. The van der Waals surface area contributed by atoms with Gasteiger partial charge in [0, 0.05) is 12.4 Å². The Balaban J connectivity index is 1.66. The Bertz CT molecular complexity index is 749. The molecule has 1 N–H and O–H groups in total. The van der Waals surface area contributed by atoms with Crippen molar-refractivity contribution in [2.45, 2.75) is 13.5 Å². The van der Waals surface area contributed by atoms with E-state index in [9.17, 15) is 4.79 Å². The second-order valence-electron chi connectivity index (χ2n) is 4.34. The molecular weight excluding hydrogens is 272 g/mol. The van der Waals surface area contributed by atoms with E-state index in [1.165, 1.54) is 6.20 Å². The van der Waals surface area contributed by atoms with Gasteiger partial charge in [-0.2, -0.15) is 0 Å². The Kier molecular flexibility index (Phi) is 3.42. The quantitative estimate of drug-likeness (QED) is 0.763. The smallest absolute Gasteiger partial charge is 0.256 e. The molecule has 0 unspecified atom stereocenters. The topological polar surface area (TPSA) is 98.7 Å². The van der Waals surface area contributed by atoms with E-state index in [1.54, 1.807) is 30.2 Å². The Morgan fingerprint density at radius 2 is 2.19 bits per heavy atom. The number of rotatable bonds is 4. The van der Waals surface area contributed by atoms with Gasteiger partial charge in [-0.25, -0.2) is 4.68 Å². The van der Waals surface area contributed by atoms with Crippen molar-refractivity contribution in [1.82, 2.24) is 30.5 Å². The van der Waals surface area contributed by atoms with Gasteiger partial charge >= 0.3 is 0 Å². The molecule has 0 saturated heterocycles. The minimum atomic E-state index is -0.257. The van der Waals surface area contributed by atoms with E-state index in [4.69, 9.17) is 4.52 Å². The summed E-state index contributed by atoms with van der Waals surface area (Å²) in [5.74, 6) is 0.222. The van der Waals surface area contributed by atoms with Crippen LogP contribution in [-0.4, -0.2) is 31.0 Å². The number of carbonyl (C=O) groups excluding carboxylic acids is 1. The van der Waals surface area contributed by atoms with Crippen molar-refractivity contribution in [1.29, 1.82) is 0 Å². The van der Waals surface area contributed by atoms with Gasteiger partial charge in [0.15, 0.2) is 0 Å². The summed E-state index contributed by atoms with van der Waals surface area (Å²) in [7, 11) is 0. The SMILES string of the molecule is Cc1oncc1C(=O)NCc1cn(-c2ccncc2)nn1. The van der Waals surface area contributed by atoms with E-state index in [2.05, 4.69) is 25.8 Å². The summed E-state index contributed by atoms with van der Waals surface area (Å²) in [5, 5.41) is 14.3. The zero-order valence-corrected chi connectivity index (χ0v) is 11.2. The molecule has 1 amide bonds. The summed E-state index contributed by atoms with van der Waals surface area (Å²) in [4.78, 5) is 15.8. The predicted octanol–water partition coefficient (Wildman–Crippen LogP) is 0.889. The zero-order chi connectivity index (χ0) is 14.7. The first-order valence-corrected chi connectivity index (χ1v) is 6.25. The van der Waals surface area contributed by atoms with Crippen LogP contribution in [0, 0.1) is 6.92 Å². The lowest BCUT2D eigenvalue weighted by Crippen LogP contribution is -2.23. The molecule has 21 heavy (non-hydrogen) atoms. The molecule has 8 nitrogen and oxygen atoms in total. The minimum Gasteiger partial charge on any atom is -0.361 e. The fourth-order valence-electron chi connectivity index (χ4n) is 1.79. The first-order valence-electron chi connectivity index (χ1n) is 6.25. The summed E-state index contributed by atoms with van der Waals surface area (Å²) < 4.78 is 6.47. The number of hydrogen-bond acceptors (Lipinski definition) is 6. The molecule has 3 aromatic heterocycles. The van der Waals surface area contributed by atoms with Crippen molar-refractivity contribution in [2.75, 3.05) is 0 Å². The van der Waals surface area contributed by atoms with E-state index in [0.29, 0.717) is 17.0 Å². The molecule has 0 fully saturated rings. The third kappa shape index (κ3) is 2.78.